The summed E-state index contributed by atoms with van der Waals surface area (Å²) in [6.45, 7) is 2.92. The summed E-state index contributed by atoms with van der Waals surface area (Å²) in [5, 5.41) is 20.9. The fourth-order valence-corrected chi connectivity index (χ4v) is 2.57. The highest BCUT2D eigenvalue weighted by Crippen LogP contribution is 2.44. The van der Waals surface area contributed by atoms with Gasteiger partial charge in [0.1, 0.15) is 23.7 Å². The molecule has 0 aliphatic rings. The minimum Gasteiger partial charge on any atom is -0.506 e. The number of carbonyl (C=O) groups excluding carboxylic acids is 1. The molecule has 0 aliphatic carbocycles. The van der Waals surface area contributed by atoms with Crippen LogP contribution in [-0.2, 0) is 19.3 Å². The lowest BCUT2D eigenvalue weighted by Gasteiger charge is -2.18. The van der Waals surface area contributed by atoms with Crippen LogP contribution in [0, 0.1) is 5.92 Å². The number of phenolic OH excluding ortho intramolecular Hbond substituents is 1. The zero-order chi connectivity index (χ0) is 21.8. The van der Waals surface area contributed by atoms with Crippen LogP contribution in [-0.4, -0.2) is 22.1 Å². The Kier molecular flexibility index (Phi) is 6.73. The molecule has 0 heterocycles. The third-order valence-corrected chi connectivity index (χ3v) is 4.07. The summed E-state index contributed by atoms with van der Waals surface area (Å²) in [5.41, 5.74) is -0.596. The first-order valence-corrected chi connectivity index (χ1v) is 8.65. The number of alkyl halides is 3. The molecular weight excluding hydrogens is 391 g/mol. The summed E-state index contributed by atoms with van der Waals surface area (Å²) in [4.78, 5) is 22.5. The lowest BCUT2D eigenvalue weighted by atomic mass is 9.97. The fourth-order valence-electron chi connectivity index (χ4n) is 2.57. The Morgan fingerprint density at radius 3 is 2.17 bits per heavy atom. The number of hydrogen-bond donors (Lipinski definition) is 3. The molecule has 0 radical (unpaired) electrons. The first kappa shape index (κ1) is 22.1. The van der Waals surface area contributed by atoms with Crippen molar-refractivity contribution in [2.75, 3.05) is 0 Å². The van der Waals surface area contributed by atoms with E-state index >= 15 is 0 Å². The Morgan fingerprint density at radius 2 is 1.66 bits per heavy atom. The van der Waals surface area contributed by atoms with Gasteiger partial charge in [-0.05, 0) is 23.3 Å². The summed E-state index contributed by atoms with van der Waals surface area (Å²) in [5.74, 6) is -2.93. The van der Waals surface area contributed by atoms with E-state index in [0.29, 0.717) is 11.1 Å². The van der Waals surface area contributed by atoms with Crippen LogP contribution in [0.4, 0.5) is 18.0 Å². The first-order chi connectivity index (χ1) is 13.5. The molecule has 2 aromatic carbocycles. The number of phenols is 1. The number of Topliss-reactive ketones (excluding diaryl/α,β-unsaturated/α-hetero) is 1. The number of aromatic hydroxyl groups is 1. The molecule has 0 fully saturated rings. The highest BCUT2D eigenvalue weighted by atomic mass is 19.4. The van der Waals surface area contributed by atoms with Gasteiger partial charge in [0.2, 0.25) is 0 Å². The Balaban J connectivity index is 2.23. The quantitative estimate of drug-likeness (QED) is 0.579. The van der Waals surface area contributed by atoms with Crippen molar-refractivity contribution in [1.82, 2.24) is 5.32 Å². The monoisotopic (exact) mass is 411 g/mol. The minimum atomic E-state index is -4.92. The van der Waals surface area contributed by atoms with Gasteiger partial charge >= 0.3 is 12.3 Å². The van der Waals surface area contributed by atoms with Crippen molar-refractivity contribution in [3.8, 4) is 11.5 Å². The molecule has 6 nitrogen and oxygen atoms in total. The number of nitrogens with one attached hydrogen (secondary N) is 1. The van der Waals surface area contributed by atoms with Crippen molar-refractivity contribution in [1.29, 1.82) is 0 Å². The standard InChI is InChI=1S/C20H20F3NO5/c1-11(2)17(25)14-7-8-15(16(18(14)26)20(21,22)23)29-10-13-5-3-12(4-6-13)9-24-19(27)28/h3-8,11,24,26H,9-10H2,1-2H3,(H,27,28). The third-order valence-electron chi connectivity index (χ3n) is 4.07. The van der Waals surface area contributed by atoms with Gasteiger partial charge in [0, 0.05) is 12.5 Å². The van der Waals surface area contributed by atoms with Crippen molar-refractivity contribution in [2.24, 2.45) is 5.92 Å². The molecule has 9 heteroatoms. The first-order valence-electron chi connectivity index (χ1n) is 8.65. The van der Waals surface area contributed by atoms with Gasteiger partial charge in [-0.15, -0.1) is 0 Å². The molecule has 29 heavy (non-hydrogen) atoms. The van der Waals surface area contributed by atoms with E-state index < -0.39 is 46.6 Å². The molecule has 0 aromatic heterocycles. The SMILES string of the molecule is CC(C)C(=O)c1ccc(OCc2ccc(CNC(=O)O)cc2)c(C(F)(F)F)c1O. The van der Waals surface area contributed by atoms with Gasteiger partial charge in [0.05, 0.1) is 5.56 Å². The van der Waals surface area contributed by atoms with Gasteiger partial charge in [-0.25, -0.2) is 4.79 Å². The molecule has 0 saturated carbocycles. The number of carboxylic acid groups (broad SMARTS) is 1. The van der Waals surface area contributed by atoms with Crippen molar-refractivity contribution >= 4 is 11.9 Å². The molecule has 0 bridgehead atoms. The maximum absolute atomic E-state index is 13.5. The van der Waals surface area contributed by atoms with Gasteiger partial charge < -0.3 is 20.3 Å². The number of hydrogen-bond acceptors (Lipinski definition) is 4. The van der Waals surface area contributed by atoms with E-state index in [0.717, 1.165) is 12.1 Å². The van der Waals surface area contributed by atoms with Crippen LogP contribution in [0.1, 0.15) is 40.9 Å². The molecule has 156 valence electrons. The zero-order valence-corrected chi connectivity index (χ0v) is 15.7. The average Bonchev–Trinajstić information content (AvgIpc) is 2.63. The smallest absolute Gasteiger partial charge is 0.423 e. The van der Waals surface area contributed by atoms with E-state index in [2.05, 4.69) is 5.32 Å². The number of amides is 1. The van der Waals surface area contributed by atoms with Crippen LogP contribution in [0.5, 0.6) is 11.5 Å². The van der Waals surface area contributed by atoms with E-state index in [-0.39, 0.29) is 13.2 Å². The maximum Gasteiger partial charge on any atom is 0.423 e. The van der Waals surface area contributed by atoms with E-state index in [4.69, 9.17) is 9.84 Å². The summed E-state index contributed by atoms with van der Waals surface area (Å²) >= 11 is 0. The van der Waals surface area contributed by atoms with Gasteiger partial charge in [-0.2, -0.15) is 13.2 Å². The molecule has 2 rings (SSSR count). The zero-order valence-electron chi connectivity index (χ0n) is 15.7. The molecular formula is C20H20F3NO5. The summed E-state index contributed by atoms with van der Waals surface area (Å²) in [7, 11) is 0. The van der Waals surface area contributed by atoms with E-state index in [1.165, 1.54) is 13.8 Å². The molecule has 0 atom stereocenters. The van der Waals surface area contributed by atoms with Crippen LogP contribution in [0.15, 0.2) is 36.4 Å². The van der Waals surface area contributed by atoms with Crippen LogP contribution in [0.3, 0.4) is 0 Å². The Labute approximate surface area is 164 Å². The van der Waals surface area contributed by atoms with E-state index in [9.17, 15) is 27.9 Å². The topological polar surface area (TPSA) is 95.9 Å². The number of ketones is 1. The number of ether oxygens (including phenoxy) is 1. The largest absolute Gasteiger partial charge is 0.506 e. The second kappa shape index (κ2) is 8.85. The number of carbonyl (C=O) groups is 2. The Morgan fingerprint density at radius 1 is 1.07 bits per heavy atom. The van der Waals surface area contributed by atoms with Crippen molar-refractivity contribution in [3.05, 3.63) is 58.7 Å². The van der Waals surface area contributed by atoms with Crippen molar-refractivity contribution in [2.45, 2.75) is 33.2 Å². The van der Waals surface area contributed by atoms with Crippen LogP contribution in [0.2, 0.25) is 0 Å². The third kappa shape index (κ3) is 5.63. The number of benzene rings is 2. The second-order valence-corrected chi connectivity index (χ2v) is 6.62. The number of halogens is 3. The van der Waals surface area contributed by atoms with Crippen LogP contribution >= 0.6 is 0 Å². The molecule has 2 aromatic rings. The molecule has 0 saturated heterocycles. The maximum atomic E-state index is 13.5. The van der Waals surface area contributed by atoms with Crippen molar-refractivity contribution in [3.63, 3.8) is 0 Å². The molecule has 1 amide bonds. The van der Waals surface area contributed by atoms with Crippen LogP contribution in [0.25, 0.3) is 0 Å². The van der Waals surface area contributed by atoms with Gasteiger partial charge in [-0.1, -0.05) is 38.1 Å². The fraction of sp³-hybridized carbons (Fsp3) is 0.300. The Hall–Kier alpha value is -3.23. The lowest BCUT2D eigenvalue weighted by molar-refractivity contribution is -0.140. The normalized spacial score (nSPS) is 11.4. The molecule has 0 spiro atoms. The van der Waals surface area contributed by atoms with Gasteiger partial charge in [0.15, 0.2) is 5.78 Å². The van der Waals surface area contributed by atoms with E-state index in [1.54, 1.807) is 24.3 Å². The second-order valence-electron chi connectivity index (χ2n) is 6.62. The minimum absolute atomic E-state index is 0.0912. The van der Waals surface area contributed by atoms with Gasteiger partial charge in [-0.3, -0.25) is 4.79 Å². The summed E-state index contributed by atoms with van der Waals surface area (Å²) in [6, 6.07) is 8.53. The molecule has 0 unspecified atom stereocenters. The number of rotatable bonds is 7. The lowest BCUT2D eigenvalue weighted by Crippen LogP contribution is -2.19. The molecule has 0 aliphatic heterocycles. The highest BCUT2D eigenvalue weighted by molar-refractivity contribution is 6.00. The van der Waals surface area contributed by atoms with Crippen LogP contribution < -0.4 is 10.1 Å². The predicted molar refractivity (Wildman–Crippen MR) is 97.9 cm³/mol. The Bertz CT molecular complexity index is 892. The van der Waals surface area contributed by atoms with Gasteiger partial charge in [0.25, 0.3) is 0 Å². The molecule has 3 N–H and O–H groups in total. The summed E-state index contributed by atoms with van der Waals surface area (Å²) < 4.78 is 45.7. The van der Waals surface area contributed by atoms with Crippen molar-refractivity contribution < 1.29 is 37.7 Å². The van der Waals surface area contributed by atoms with E-state index in [1.807, 2.05) is 0 Å². The predicted octanol–water partition coefficient (Wildman–Crippen LogP) is 4.60. The average molecular weight is 411 g/mol. The highest BCUT2D eigenvalue weighted by Gasteiger charge is 2.39. The summed E-state index contributed by atoms with van der Waals surface area (Å²) in [6.07, 6.45) is -6.09.